The monoisotopic (exact) mass is 382 g/mol. The van der Waals surface area contributed by atoms with Gasteiger partial charge in [0.25, 0.3) is 0 Å². The molecule has 0 radical (unpaired) electrons. The van der Waals surface area contributed by atoms with Crippen LogP contribution in [0.25, 0.3) is 0 Å². The number of nitrogens with zero attached hydrogens (tertiary/aromatic N) is 4. The lowest BCUT2D eigenvalue weighted by Crippen LogP contribution is -2.51. The fourth-order valence-electron chi connectivity index (χ4n) is 3.21. The van der Waals surface area contributed by atoms with Crippen molar-refractivity contribution in [2.24, 2.45) is 5.92 Å². The van der Waals surface area contributed by atoms with Crippen molar-refractivity contribution < 1.29 is 9.53 Å². The summed E-state index contributed by atoms with van der Waals surface area (Å²) in [5.74, 6) is 1.76. The fourth-order valence-corrected chi connectivity index (χ4v) is 3.57. The van der Waals surface area contributed by atoms with Crippen LogP contribution in [0.1, 0.15) is 32.1 Å². The van der Waals surface area contributed by atoms with E-state index in [-0.39, 0.29) is 12.0 Å². The van der Waals surface area contributed by atoms with Gasteiger partial charge in [0.15, 0.2) is 0 Å². The maximum atomic E-state index is 12.5. The van der Waals surface area contributed by atoms with E-state index in [9.17, 15) is 4.79 Å². The number of carbonyl (C=O) groups is 1. The zero-order chi connectivity index (χ0) is 16.4. The Hall–Kier alpha value is -1.37. The third-order valence-corrected chi connectivity index (χ3v) is 5.47. The van der Waals surface area contributed by atoms with Gasteiger partial charge in [-0.15, -0.1) is 0 Å². The SMILES string of the molecule is COc1nc(N2CCCC(N(C)C(=O)C3CCC3)C2)ncc1Br. The number of piperidine rings is 1. The van der Waals surface area contributed by atoms with Gasteiger partial charge in [0.05, 0.1) is 17.8 Å². The molecule has 1 aliphatic carbocycles. The second kappa shape index (κ2) is 7.03. The standard InChI is InChI=1S/C16H23BrN4O2/c1-20(15(22)11-5-3-6-11)12-7-4-8-21(10-12)16-18-9-13(17)14(19-16)23-2/h9,11-12H,3-8,10H2,1-2H3. The molecule has 0 bridgehead atoms. The molecular weight excluding hydrogens is 360 g/mol. The van der Waals surface area contributed by atoms with Gasteiger partial charge in [-0.3, -0.25) is 4.79 Å². The lowest BCUT2D eigenvalue weighted by atomic mass is 9.84. The third kappa shape index (κ3) is 3.44. The molecule has 2 fully saturated rings. The van der Waals surface area contributed by atoms with Crippen LogP contribution in [-0.2, 0) is 4.79 Å². The van der Waals surface area contributed by atoms with Gasteiger partial charge in [-0.25, -0.2) is 4.98 Å². The highest BCUT2D eigenvalue weighted by molar-refractivity contribution is 9.10. The zero-order valence-electron chi connectivity index (χ0n) is 13.7. The third-order valence-electron chi connectivity index (χ3n) is 4.92. The number of aromatic nitrogens is 2. The highest BCUT2D eigenvalue weighted by Gasteiger charge is 2.33. The molecule has 0 N–H and O–H groups in total. The smallest absolute Gasteiger partial charge is 0.232 e. The van der Waals surface area contributed by atoms with Crippen LogP contribution < -0.4 is 9.64 Å². The average Bonchev–Trinajstić information content (AvgIpc) is 2.53. The number of likely N-dealkylation sites (N-methyl/N-ethyl adjacent to an activating group) is 1. The Labute approximate surface area is 145 Å². The molecule has 0 aromatic carbocycles. The van der Waals surface area contributed by atoms with Crippen molar-refractivity contribution in [1.29, 1.82) is 0 Å². The molecule has 1 saturated heterocycles. The number of carbonyl (C=O) groups excluding carboxylic acids is 1. The molecule has 7 heteroatoms. The first kappa shape index (κ1) is 16.5. The molecule has 6 nitrogen and oxygen atoms in total. The Morgan fingerprint density at radius 2 is 2.17 bits per heavy atom. The van der Waals surface area contributed by atoms with E-state index in [1.165, 1.54) is 6.42 Å². The Morgan fingerprint density at radius 1 is 1.39 bits per heavy atom. The van der Waals surface area contributed by atoms with Crippen molar-refractivity contribution in [3.05, 3.63) is 10.7 Å². The second-order valence-corrected chi connectivity index (χ2v) is 7.20. The predicted molar refractivity (Wildman–Crippen MR) is 91.6 cm³/mol. The highest BCUT2D eigenvalue weighted by atomic mass is 79.9. The van der Waals surface area contributed by atoms with Gasteiger partial charge in [-0.2, -0.15) is 4.98 Å². The number of ether oxygens (including phenoxy) is 1. The minimum Gasteiger partial charge on any atom is -0.480 e. The van der Waals surface area contributed by atoms with Gasteiger partial charge in [-0.05, 0) is 41.6 Å². The van der Waals surface area contributed by atoms with E-state index in [0.29, 0.717) is 17.7 Å². The van der Waals surface area contributed by atoms with Crippen molar-refractivity contribution >= 4 is 27.8 Å². The van der Waals surface area contributed by atoms with Crippen LogP contribution >= 0.6 is 15.9 Å². The number of amides is 1. The van der Waals surface area contributed by atoms with E-state index in [1.807, 2.05) is 11.9 Å². The topological polar surface area (TPSA) is 58.6 Å². The Bertz CT molecular complexity index is 579. The van der Waals surface area contributed by atoms with Crippen molar-refractivity contribution in [2.75, 3.05) is 32.1 Å². The van der Waals surface area contributed by atoms with Crippen LogP contribution in [0.15, 0.2) is 10.7 Å². The van der Waals surface area contributed by atoms with E-state index in [1.54, 1.807) is 13.3 Å². The summed E-state index contributed by atoms with van der Waals surface area (Å²) < 4.78 is 6.00. The van der Waals surface area contributed by atoms with E-state index in [4.69, 9.17) is 4.74 Å². The zero-order valence-corrected chi connectivity index (χ0v) is 15.3. The number of methoxy groups -OCH3 is 1. The van der Waals surface area contributed by atoms with Crippen molar-refractivity contribution in [3.63, 3.8) is 0 Å². The molecule has 1 aromatic rings. The molecule has 1 aromatic heterocycles. The molecule has 1 aliphatic heterocycles. The van der Waals surface area contributed by atoms with Crippen LogP contribution in [0.5, 0.6) is 5.88 Å². The van der Waals surface area contributed by atoms with Crippen LogP contribution in [0.2, 0.25) is 0 Å². The molecule has 3 rings (SSSR count). The summed E-state index contributed by atoms with van der Waals surface area (Å²) in [6.45, 7) is 1.69. The summed E-state index contributed by atoms with van der Waals surface area (Å²) in [7, 11) is 3.54. The Kier molecular flexibility index (Phi) is 5.04. The molecule has 1 saturated carbocycles. The quantitative estimate of drug-likeness (QED) is 0.800. The molecule has 1 unspecified atom stereocenters. The van der Waals surface area contributed by atoms with E-state index < -0.39 is 0 Å². The molecular formula is C16H23BrN4O2. The largest absolute Gasteiger partial charge is 0.480 e. The van der Waals surface area contributed by atoms with E-state index in [0.717, 1.165) is 43.2 Å². The van der Waals surface area contributed by atoms with Crippen molar-refractivity contribution in [3.8, 4) is 5.88 Å². The van der Waals surface area contributed by atoms with Crippen LogP contribution in [0, 0.1) is 5.92 Å². The number of halogens is 1. The first-order chi connectivity index (χ1) is 11.1. The van der Waals surface area contributed by atoms with Crippen molar-refractivity contribution in [1.82, 2.24) is 14.9 Å². The van der Waals surface area contributed by atoms with Crippen LogP contribution in [0.3, 0.4) is 0 Å². The molecule has 23 heavy (non-hydrogen) atoms. The highest BCUT2D eigenvalue weighted by Crippen LogP contribution is 2.30. The molecule has 2 heterocycles. The maximum absolute atomic E-state index is 12.5. The van der Waals surface area contributed by atoms with E-state index >= 15 is 0 Å². The number of hydrogen-bond donors (Lipinski definition) is 0. The molecule has 0 spiro atoms. The lowest BCUT2D eigenvalue weighted by molar-refractivity contribution is -0.139. The van der Waals surface area contributed by atoms with Gasteiger partial charge < -0.3 is 14.5 Å². The number of hydrogen-bond acceptors (Lipinski definition) is 5. The minimum absolute atomic E-state index is 0.232. The van der Waals surface area contributed by atoms with E-state index in [2.05, 4.69) is 30.8 Å². The summed E-state index contributed by atoms with van der Waals surface area (Å²) in [4.78, 5) is 25.4. The predicted octanol–water partition coefficient (Wildman–Crippen LogP) is 2.47. The van der Waals surface area contributed by atoms with Crippen LogP contribution in [0.4, 0.5) is 5.95 Å². The summed E-state index contributed by atoms with van der Waals surface area (Å²) in [6, 6.07) is 0.232. The van der Waals surface area contributed by atoms with Gasteiger partial charge in [-0.1, -0.05) is 6.42 Å². The Balaban J connectivity index is 1.69. The first-order valence-electron chi connectivity index (χ1n) is 8.18. The normalized spacial score (nSPS) is 21.7. The molecule has 126 valence electrons. The number of anilines is 1. The minimum atomic E-state index is 0.232. The molecule has 1 amide bonds. The van der Waals surface area contributed by atoms with Gasteiger partial charge >= 0.3 is 0 Å². The summed E-state index contributed by atoms with van der Waals surface area (Å²) in [5.41, 5.74) is 0. The van der Waals surface area contributed by atoms with Crippen molar-refractivity contribution in [2.45, 2.75) is 38.1 Å². The summed E-state index contributed by atoms with van der Waals surface area (Å²) in [6.07, 6.45) is 7.08. The van der Waals surface area contributed by atoms with Gasteiger partial charge in [0.2, 0.25) is 17.7 Å². The lowest BCUT2D eigenvalue weighted by Gasteiger charge is -2.40. The molecule has 1 atom stereocenters. The first-order valence-corrected chi connectivity index (χ1v) is 8.97. The summed E-state index contributed by atoms with van der Waals surface area (Å²) >= 11 is 3.38. The second-order valence-electron chi connectivity index (χ2n) is 6.35. The molecule has 2 aliphatic rings. The summed E-state index contributed by atoms with van der Waals surface area (Å²) in [5, 5.41) is 0. The van der Waals surface area contributed by atoms with Crippen LogP contribution in [-0.4, -0.2) is 54.1 Å². The average molecular weight is 383 g/mol. The van der Waals surface area contributed by atoms with Gasteiger partial charge in [0, 0.05) is 32.1 Å². The number of rotatable bonds is 4. The fraction of sp³-hybridized carbons (Fsp3) is 0.688. The Morgan fingerprint density at radius 3 is 2.83 bits per heavy atom. The maximum Gasteiger partial charge on any atom is 0.232 e. The van der Waals surface area contributed by atoms with Gasteiger partial charge in [0.1, 0.15) is 0 Å².